The van der Waals surface area contributed by atoms with Crippen LogP contribution in [0.25, 0.3) is 0 Å². The van der Waals surface area contributed by atoms with E-state index in [0.717, 1.165) is 0 Å². The molecule has 0 radical (unpaired) electrons. The molecule has 2 aliphatic carbocycles. The SMILES string of the molecule is O=C(O)[C@H]1[C@@H]2CC(=O)[C@H]1C[C@H]2Br. The Labute approximate surface area is 78.3 Å². The van der Waals surface area contributed by atoms with Gasteiger partial charge < -0.3 is 5.11 Å². The zero-order valence-electron chi connectivity index (χ0n) is 6.37. The zero-order valence-corrected chi connectivity index (χ0v) is 7.95. The average Bonchev–Trinajstić information content (AvgIpc) is 2.41. The van der Waals surface area contributed by atoms with Crippen molar-refractivity contribution in [3.63, 3.8) is 0 Å². The smallest absolute Gasteiger partial charge is 0.307 e. The van der Waals surface area contributed by atoms with Gasteiger partial charge in [0.05, 0.1) is 5.92 Å². The summed E-state index contributed by atoms with van der Waals surface area (Å²) in [5.41, 5.74) is 0. The highest BCUT2D eigenvalue weighted by Gasteiger charge is 2.55. The lowest BCUT2D eigenvalue weighted by Crippen LogP contribution is -2.20. The Bertz CT molecular complexity index is 251. The summed E-state index contributed by atoms with van der Waals surface area (Å²) in [5.74, 6) is -1.25. The largest absolute Gasteiger partial charge is 0.481 e. The summed E-state index contributed by atoms with van der Waals surface area (Å²) in [4.78, 5) is 22.2. The lowest BCUT2D eigenvalue weighted by atomic mass is 9.98. The van der Waals surface area contributed by atoms with Gasteiger partial charge in [0.15, 0.2) is 0 Å². The molecule has 2 bridgehead atoms. The van der Waals surface area contributed by atoms with Crippen LogP contribution in [0.1, 0.15) is 12.8 Å². The second-order valence-electron chi connectivity index (χ2n) is 3.56. The maximum Gasteiger partial charge on any atom is 0.307 e. The minimum atomic E-state index is -0.808. The number of ketones is 1. The van der Waals surface area contributed by atoms with Crippen LogP contribution in [-0.4, -0.2) is 21.7 Å². The van der Waals surface area contributed by atoms with Crippen LogP contribution in [0.4, 0.5) is 0 Å². The minimum Gasteiger partial charge on any atom is -0.481 e. The van der Waals surface area contributed by atoms with E-state index in [4.69, 9.17) is 5.11 Å². The Morgan fingerprint density at radius 2 is 2.25 bits per heavy atom. The molecule has 66 valence electrons. The molecule has 3 nitrogen and oxygen atoms in total. The van der Waals surface area contributed by atoms with Crippen molar-refractivity contribution in [1.29, 1.82) is 0 Å². The molecular weight excluding hydrogens is 224 g/mol. The highest BCUT2D eigenvalue weighted by molar-refractivity contribution is 9.09. The van der Waals surface area contributed by atoms with Crippen LogP contribution < -0.4 is 0 Å². The fraction of sp³-hybridized carbons (Fsp3) is 0.750. The fourth-order valence-corrected chi connectivity index (χ4v) is 3.33. The Morgan fingerprint density at radius 1 is 1.58 bits per heavy atom. The number of alkyl halides is 1. The van der Waals surface area contributed by atoms with Gasteiger partial charge in [0, 0.05) is 17.2 Å². The van der Waals surface area contributed by atoms with Gasteiger partial charge in [-0.05, 0) is 12.3 Å². The van der Waals surface area contributed by atoms with Crippen LogP contribution in [0.15, 0.2) is 0 Å². The molecule has 0 saturated heterocycles. The van der Waals surface area contributed by atoms with Crippen molar-refractivity contribution < 1.29 is 14.7 Å². The first-order valence-corrected chi connectivity index (χ1v) is 4.92. The zero-order chi connectivity index (χ0) is 8.88. The van der Waals surface area contributed by atoms with Gasteiger partial charge in [0.2, 0.25) is 0 Å². The summed E-state index contributed by atoms with van der Waals surface area (Å²) in [5, 5.41) is 8.86. The predicted molar refractivity (Wildman–Crippen MR) is 45.1 cm³/mol. The molecule has 0 aliphatic heterocycles. The van der Waals surface area contributed by atoms with E-state index in [0.29, 0.717) is 12.8 Å². The van der Waals surface area contributed by atoms with Crippen LogP contribution in [0.3, 0.4) is 0 Å². The van der Waals surface area contributed by atoms with Crippen molar-refractivity contribution in [2.24, 2.45) is 17.8 Å². The van der Waals surface area contributed by atoms with E-state index in [1.165, 1.54) is 0 Å². The van der Waals surface area contributed by atoms with Crippen LogP contribution in [0.2, 0.25) is 0 Å². The maximum atomic E-state index is 11.2. The topological polar surface area (TPSA) is 54.4 Å². The van der Waals surface area contributed by atoms with Crippen molar-refractivity contribution in [3.05, 3.63) is 0 Å². The third-order valence-corrected chi connectivity index (χ3v) is 4.03. The van der Waals surface area contributed by atoms with Gasteiger partial charge >= 0.3 is 5.97 Å². The number of fused-ring (bicyclic) bond motifs is 2. The molecule has 2 rings (SSSR count). The summed E-state index contributed by atoms with van der Waals surface area (Å²) in [7, 11) is 0. The molecule has 0 aromatic carbocycles. The number of carbonyl (C=O) groups excluding carboxylic acids is 1. The first-order chi connectivity index (χ1) is 5.61. The molecule has 2 aliphatic rings. The Hall–Kier alpha value is -0.380. The predicted octanol–water partition coefficient (Wildman–Crippen LogP) is 1.06. The van der Waals surface area contributed by atoms with Crippen LogP contribution >= 0.6 is 15.9 Å². The summed E-state index contributed by atoms with van der Waals surface area (Å²) < 4.78 is 0. The number of hydrogen-bond acceptors (Lipinski definition) is 2. The molecule has 2 saturated carbocycles. The average molecular weight is 233 g/mol. The Morgan fingerprint density at radius 3 is 2.58 bits per heavy atom. The van der Waals surface area contributed by atoms with Gasteiger partial charge in [-0.1, -0.05) is 15.9 Å². The van der Waals surface area contributed by atoms with E-state index in [1.807, 2.05) is 0 Å². The molecule has 0 aromatic heterocycles. The number of halogens is 1. The van der Waals surface area contributed by atoms with Crippen LogP contribution in [-0.2, 0) is 9.59 Å². The van der Waals surface area contributed by atoms with Crippen molar-refractivity contribution in [1.82, 2.24) is 0 Å². The van der Waals surface area contributed by atoms with Gasteiger partial charge in [-0.25, -0.2) is 0 Å². The van der Waals surface area contributed by atoms with Crippen LogP contribution in [0, 0.1) is 17.8 Å². The second kappa shape index (κ2) is 2.55. The molecule has 4 atom stereocenters. The number of hydrogen-bond donors (Lipinski definition) is 1. The number of carbonyl (C=O) groups is 2. The van der Waals surface area contributed by atoms with E-state index < -0.39 is 11.9 Å². The lowest BCUT2D eigenvalue weighted by molar-refractivity contribution is -0.144. The standard InChI is InChI=1S/C8H9BrO3/c9-5-1-4-6(10)2-3(5)7(4)8(11)12/h3-5,7H,1-2H2,(H,11,12)/t3-,4-,5-,7+/m1/s1. The minimum absolute atomic E-state index is 0.0417. The monoisotopic (exact) mass is 232 g/mol. The molecule has 1 N–H and O–H groups in total. The number of carboxylic acid groups (broad SMARTS) is 1. The number of rotatable bonds is 1. The third-order valence-electron chi connectivity index (χ3n) is 2.97. The van der Waals surface area contributed by atoms with E-state index >= 15 is 0 Å². The normalized spacial score (nSPS) is 45.2. The summed E-state index contributed by atoms with van der Waals surface area (Å²) in [6.45, 7) is 0. The molecule has 0 aromatic rings. The van der Waals surface area contributed by atoms with Gasteiger partial charge in [0.25, 0.3) is 0 Å². The summed E-state index contributed by atoms with van der Waals surface area (Å²) >= 11 is 3.42. The van der Waals surface area contributed by atoms with Crippen molar-refractivity contribution in [3.8, 4) is 0 Å². The van der Waals surface area contributed by atoms with Gasteiger partial charge in [-0.3, -0.25) is 9.59 Å². The molecule has 12 heavy (non-hydrogen) atoms. The molecule has 2 fully saturated rings. The van der Waals surface area contributed by atoms with Crippen molar-refractivity contribution in [2.75, 3.05) is 0 Å². The number of aliphatic carboxylic acids is 1. The van der Waals surface area contributed by atoms with Crippen molar-refractivity contribution in [2.45, 2.75) is 17.7 Å². The van der Waals surface area contributed by atoms with Crippen LogP contribution in [0.5, 0.6) is 0 Å². The lowest BCUT2D eigenvalue weighted by Gasteiger charge is -2.13. The molecule has 0 amide bonds. The molecule has 0 heterocycles. The first kappa shape index (κ1) is 8.23. The Kier molecular flexibility index (Phi) is 1.75. The molecular formula is C8H9BrO3. The quantitative estimate of drug-likeness (QED) is 0.689. The highest BCUT2D eigenvalue weighted by atomic mass is 79.9. The number of carboxylic acids is 1. The fourth-order valence-electron chi connectivity index (χ4n) is 2.41. The van der Waals surface area contributed by atoms with Gasteiger partial charge in [-0.2, -0.15) is 0 Å². The van der Waals surface area contributed by atoms with E-state index in [9.17, 15) is 9.59 Å². The second-order valence-corrected chi connectivity index (χ2v) is 4.73. The molecule has 0 unspecified atom stereocenters. The Balaban J connectivity index is 2.28. The summed E-state index contributed by atoms with van der Waals surface area (Å²) in [6, 6.07) is 0. The van der Waals surface area contributed by atoms with E-state index in [1.54, 1.807) is 0 Å². The highest BCUT2D eigenvalue weighted by Crippen LogP contribution is 2.50. The molecule has 4 heteroatoms. The van der Waals surface area contributed by atoms with E-state index in [-0.39, 0.29) is 22.4 Å². The first-order valence-electron chi connectivity index (χ1n) is 4.01. The molecule has 0 spiro atoms. The maximum absolute atomic E-state index is 11.2. The van der Waals surface area contributed by atoms with E-state index in [2.05, 4.69) is 15.9 Å². The third kappa shape index (κ3) is 0.937. The summed E-state index contributed by atoms with van der Waals surface area (Å²) in [6.07, 6.45) is 1.16. The van der Waals surface area contributed by atoms with Crippen molar-refractivity contribution >= 4 is 27.7 Å². The van der Waals surface area contributed by atoms with Gasteiger partial charge in [0.1, 0.15) is 5.78 Å². The number of Topliss-reactive ketones (excluding diaryl/α,β-unsaturated/α-hetero) is 1. The van der Waals surface area contributed by atoms with Gasteiger partial charge in [-0.15, -0.1) is 0 Å².